The summed E-state index contributed by atoms with van der Waals surface area (Å²) in [5.74, 6) is 2.11. The average Bonchev–Trinajstić information content (AvgIpc) is 2.99. The van der Waals surface area contributed by atoms with Crippen LogP contribution in [0.1, 0.15) is 32.1 Å². The number of likely N-dealkylation sites (tertiary alicyclic amines) is 1. The van der Waals surface area contributed by atoms with E-state index in [0.717, 1.165) is 43.8 Å². The van der Waals surface area contributed by atoms with E-state index >= 15 is 0 Å². The van der Waals surface area contributed by atoms with E-state index in [4.69, 9.17) is 0 Å². The number of nitrogens with zero attached hydrogens (tertiary/aromatic N) is 1. The molecule has 3 aliphatic rings. The molecule has 2 heteroatoms. The van der Waals surface area contributed by atoms with Crippen molar-refractivity contribution in [2.24, 2.45) is 11.8 Å². The van der Waals surface area contributed by atoms with Gasteiger partial charge in [0.2, 0.25) is 0 Å². The van der Waals surface area contributed by atoms with Crippen LogP contribution in [-0.4, -0.2) is 30.1 Å². The summed E-state index contributed by atoms with van der Waals surface area (Å²) in [5.41, 5.74) is 0. The first kappa shape index (κ1) is 8.25. The van der Waals surface area contributed by atoms with Gasteiger partial charge in [-0.05, 0) is 43.9 Å². The third-order valence-corrected chi connectivity index (χ3v) is 3.98. The molecule has 13 heavy (non-hydrogen) atoms. The second kappa shape index (κ2) is 2.96. The fraction of sp³-hybridized carbons (Fsp3) is 1.00. The summed E-state index contributed by atoms with van der Waals surface area (Å²) in [4.78, 5) is 2.58. The lowest BCUT2D eigenvalue weighted by Crippen LogP contribution is -2.37. The molecule has 2 saturated carbocycles. The van der Waals surface area contributed by atoms with E-state index in [-0.39, 0.29) is 6.10 Å². The summed E-state index contributed by atoms with van der Waals surface area (Å²) in [6.07, 6.45) is 5.95. The topological polar surface area (TPSA) is 23.1 Å². The van der Waals surface area contributed by atoms with Crippen LogP contribution in [-0.2, 0) is 5.11 Å². The van der Waals surface area contributed by atoms with Crippen molar-refractivity contribution in [2.45, 2.75) is 44.2 Å². The lowest BCUT2D eigenvalue weighted by Gasteiger charge is -2.29. The van der Waals surface area contributed by atoms with E-state index in [2.05, 4.69) is 4.90 Å². The Bertz CT molecular complexity index is 194. The SMILES string of the molecule is [O]C1CCN(C2CC2C2CC2)CC1. The average molecular weight is 180 g/mol. The first-order valence-electron chi connectivity index (χ1n) is 5.74. The van der Waals surface area contributed by atoms with Crippen molar-refractivity contribution >= 4 is 0 Å². The predicted octanol–water partition coefficient (Wildman–Crippen LogP) is 1.68. The van der Waals surface area contributed by atoms with Crippen molar-refractivity contribution in [1.29, 1.82) is 0 Å². The number of hydrogen-bond donors (Lipinski definition) is 0. The van der Waals surface area contributed by atoms with Gasteiger partial charge in [-0.1, -0.05) is 0 Å². The van der Waals surface area contributed by atoms with Gasteiger partial charge in [0.05, 0.1) is 6.10 Å². The summed E-state index contributed by atoms with van der Waals surface area (Å²) >= 11 is 0. The molecule has 1 radical (unpaired) electrons. The maximum Gasteiger partial charge on any atom is 0.0954 e. The maximum atomic E-state index is 11.1. The Balaban J connectivity index is 1.50. The minimum absolute atomic E-state index is 0.255. The van der Waals surface area contributed by atoms with Gasteiger partial charge in [0.1, 0.15) is 0 Å². The molecule has 0 spiro atoms. The van der Waals surface area contributed by atoms with Crippen molar-refractivity contribution in [3.05, 3.63) is 0 Å². The molecule has 2 nitrogen and oxygen atoms in total. The van der Waals surface area contributed by atoms with E-state index in [1.54, 1.807) is 0 Å². The first-order chi connectivity index (χ1) is 6.34. The number of piperidine rings is 1. The van der Waals surface area contributed by atoms with Gasteiger partial charge in [-0.25, -0.2) is 5.11 Å². The zero-order chi connectivity index (χ0) is 8.84. The van der Waals surface area contributed by atoms with E-state index in [9.17, 15) is 5.11 Å². The van der Waals surface area contributed by atoms with Crippen LogP contribution < -0.4 is 0 Å². The molecule has 2 unspecified atom stereocenters. The zero-order valence-electron chi connectivity index (χ0n) is 8.11. The van der Waals surface area contributed by atoms with Gasteiger partial charge in [0.25, 0.3) is 0 Å². The molecule has 2 atom stereocenters. The van der Waals surface area contributed by atoms with Crippen LogP contribution in [0.4, 0.5) is 0 Å². The Labute approximate surface area is 79.9 Å². The molecule has 3 fully saturated rings. The standard InChI is InChI=1S/C11H18NO/c13-9-3-5-12(6-4-9)11-7-10(11)8-1-2-8/h8-11H,1-7H2. The molecule has 0 N–H and O–H groups in total. The maximum absolute atomic E-state index is 11.1. The van der Waals surface area contributed by atoms with E-state index in [1.807, 2.05) is 0 Å². The summed E-state index contributed by atoms with van der Waals surface area (Å²) in [6.45, 7) is 2.17. The largest absolute Gasteiger partial charge is 0.300 e. The van der Waals surface area contributed by atoms with E-state index < -0.39 is 0 Å². The highest BCUT2D eigenvalue weighted by Crippen LogP contribution is 2.52. The summed E-state index contributed by atoms with van der Waals surface area (Å²) < 4.78 is 0. The molecule has 0 bridgehead atoms. The molecule has 1 saturated heterocycles. The Morgan fingerprint density at radius 1 is 1.00 bits per heavy atom. The van der Waals surface area contributed by atoms with Crippen molar-refractivity contribution < 1.29 is 5.11 Å². The van der Waals surface area contributed by atoms with Crippen LogP contribution >= 0.6 is 0 Å². The van der Waals surface area contributed by atoms with Crippen LogP contribution in [0.3, 0.4) is 0 Å². The molecular weight excluding hydrogens is 162 g/mol. The molecule has 0 aromatic heterocycles. The van der Waals surface area contributed by atoms with Gasteiger partial charge in [-0.15, -0.1) is 0 Å². The highest BCUT2D eigenvalue weighted by molar-refractivity contribution is 5.03. The second-order valence-corrected chi connectivity index (χ2v) is 5.04. The summed E-state index contributed by atoms with van der Waals surface area (Å²) in [7, 11) is 0. The quantitative estimate of drug-likeness (QED) is 0.634. The minimum atomic E-state index is -0.255. The van der Waals surface area contributed by atoms with Crippen LogP contribution in [0.2, 0.25) is 0 Å². The summed E-state index contributed by atoms with van der Waals surface area (Å²) in [6, 6.07) is 0.889. The number of hydrogen-bond acceptors (Lipinski definition) is 1. The summed E-state index contributed by atoms with van der Waals surface area (Å²) in [5, 5.41) is 11.1. The Hall–Kier alpha value is -0.0800. The Morgan fingerprint density at radius 3 is 2.31 bits per heavy atom. The molecule has 1 aliphatic heterocycles. The third kappa shape index (κ3) is 1.62. The van der Waals surface area contributed by atoms with Crippen LogP contribution in [0.25, 0.3) is 0 Å². The molecular formula is C11H18NO. The monoisotopic (exact) mass is 180 g/mol. The van der Waals surface area contributed by atoms with Gasteiger partial charge in [0.15, 0.2) is 0 Å². The van der Waals surface area contributed by atoms with Crippen molar-refractivity contribution in [3.63, 3.8) is 0 Å². The number of rotatable bonds is 2. The second-order valence-electron chi connectivity index (χ2n) is 5.04. The minimum Gasteiger partial charge on any atom is -0.300 e. The first-order valence-corrected chi connectivity index (χ1v) is 5.74. The fourth-order valence-corrected chi connectivity index (χ4v) is 2.86. The van der Waals surface area contributed by atoms with E-state index in [0.29, 0.717) is 0 Å². The van der Waals surface area contributed by atoms with Crippen molar-refractivity contribution in [3.8, 4) is 0 Å². The molecule has 1 heterocycles. The lowest BCUT2D eigenvalue weighted by atomic mass is 10.1. The van der Waals surface area contributed by atoms with Crippen LogP contribution in [0.5, 0.6) is 0 Å². The van der Waals surface area contributed by atoms with Gasteiger partial charge >= 0.3 is 0 Å². The fourth-order valence-electron chi connectivity index (χ4n) is 2.86. The third-order valence-electron chi connectivity index (χ3n) is 3.98. The molecule has 73 valence electrons. The van der Waals surface area contributed by atoms with Crippen molar-refractivity contribution in [2.75, 3.05) is 13.1 Å². The molecule has 0 amide bonds. The van der Waals surface area contributed by atoms with Crippen LogP contribution in [0.15, 0.2) is 0 Å². The molecule has 3 rings (SSSR count). The Kier molecular flexibility index (Phi) is 1.88. The highest BCUT2D eigenvalue weighted by Gasteiger charge is 2.50. The van der Waals surface area contributed by atoms with Gasteiger partial charge in [-0.2, -0.15) is 0 Å². The predicted molar refractivity (Wildman–Crippen MR) is 49.9 cm³/mol. The molecule has 0 aromatic carbocycles. The van der Waals surface area contributed by atoms with Gasteiger partial charge in [0, 0.05) is 19.1 Å². The molecule has 0 aromatic rings. The van der Waals surface area contributed by atoms with Crippen molar-refractivity contribution in [1.82, 2.24) is 4.90 Å². The van der Waals surface area contributed by atoms with Gasteiger partial charge < -0.3 is 0 Å². The smallest absolute Gasteiger partial charge is 0.0954 e. The van der Waals surface area contributed by atoms with Crippen LogP contribution in [0, 0.1) is 11.8 Å². The zero-order valence-corrected chi connectivity index (χ0v) is 8.11. The Morgan fingerprint density at radius 2 is 1.69 bits per heavy atom. The lowest BCUT2D eigenvalue weighted by molar-refractivity contribution is 0.0240. The van der Waals surface area contributed by atoms with E-state index in [1.165, 1.54) is 19.3 Å². The highest BCUT2D eigenvalue weighted by atomic mass is 16.3. The molecule has 2 aliphatic carbocycles. The van der Waals surface area contributed by atoms with Gasteiger partial charge in [-0.3, -0.25) is 4.90 Å². The normalized spacial score (nSPS) is 42.2.